The van der Waals surface area contributed by atoms with Crippen LogP contribution in [0.15, 0.2) is 5.11 Å². The van der Waals surface area contributed by atoms with Crippen LogP contribution < -0.4 is 0 Å². The van der Waals surface area contributed by atoms with Gasteiger partial charge in [0.15, 0.2) is 22.9 Å². The zero-order chi connectivity index (χ0) is 16.3. The molecule has 122 valence electrons. The van der Waals surface area contributed by atoms with Gasteiger partial charge in [0.2, 0.25) is 0 Å². The quantitative estimate of drug-likeness (QED) is 0.310. The molecule has 1 heterocycles. The maximum atomic E-state index is 8.54. The van der Waals surface area contributed by atoms with E-state index in [-0.39, 0.29) is 24.9 Å². The van der Waals surface area contributed by atoms with Crippen LogP contribution in [0.25, 0.3) is 10.4 Å². The lowest BCUT2D eigenvalue weighted by Crippen LogP contribution is -2.48. The van der Waals surface area contributed by atoms with E-state index in [9.17, 15) is 0 Å². The lowest BCUT2D eigenvalue weighted by molar-refractivity contribution is -0.143. The third-order valence-corrected chi connectivity index (χ3v) is 4.76. The Kier molecular flexibility index (Phi) is 6.42. The zero-order valence-corrected chi connectivity index (χ0v) is 16.0. The minimum atomic E-state index is -1.80. The molecule has 0 unspecified atom stereocenters. The molecule has 9 heteroatoms. The van der Waals surface area contributed by atoms with Gasteiger partial charge in [-0.3, -0.25) is 0 Å². The number of azide groups is 1. The van der Waals surface area contributed by atoms with Gasteiger partial charge < -0.3 is 18.3 Å². The van der Waals surface area contributed by atoms with E-state index in [4.69, 9.17) is 23.9 Å². The van der Waals surface area contributed by atoms with Crippen LogP contribution in [0.2, 0.25) is 39.3 Å². The smallest absolute Gasteiger partial charge is 0.185 e. The molecule has 4 atom stereocenters. The minimum Gasteiger partial charge on any atom is -0.409 e. The van der Waals surface area contributed by atoms with Gasteiger partial charge in [-0.25, -0.2) is 0 Å². The van der Waals surface area contributed by atoms with Crippen LogP contribution in [0, 0.1) is 0 Å². The topological polar surface area (TPSA) is 85.7 Å². The molecule has 0 bridgehead atoms. The van der Waals surface area contributed by atoms with Crippen LogP contribution in [0.1, 0.15) is 0 Å². The van der Waals surface area contributed by atoms with Gasteiger partial charge in [-0.05, 0) is 44.8 Å². The zero-order valence-electron chi connectivity index (χ0n) is 14.0. The molecule has 7 nitrogen and oxygen atoms in total. The molecule has 0 radical (unpaired) electrons. The van der Waals surface area contributed by atoms with Gasteiger partial charge in [0, 0.05) is 12.0 Å². The molecule has 0 aromatic rings. The van der Waals surface area contributed by atoms with Crippen molar-refractivity contribution < 1.29 is 18.3 Å². The molecule has 21 heavy (non-hydrogen) atoms. The second-order valence-corrected chi connectivity index (χ2v) is 16.0. The van der Waals surface area contributed by atoms with Crippen molar-refractivity contribution in [1.82, 2.24) is 0 Å². The molecule has 0 aromatic heterocycles. The molecule has 1 fully saturated rings. The van der Waals surface area contributed by atoms with Crippen LogP contribution in [0.5, 0.6) is 0 Å². The Morgan fingerprint density at radius 2 is 1.57 bits per heavy atom. The fourth-order valence-corrected chi connectivity index (χ4v) is 4.39. The SMILES string of the molecule is CO[C@H]1O[C@H](CN=[N+]=[N-])[C@@H](O[Si](C)(C)C)[C@H]1O[Si](C)(C)C. The summed E-state index contributed by atoms with van der Waals surface area (Å²) in [5.74, 6) is 0. The van der Waals surface area contributed by atoms with E-state index in [1.54, 1.807) is 7.11 Å². The molecule has 1 aliphatic heterocycles. The molecule has 1 saturated heterocycles. The van der Waals surface area contributed by atoms with E-state index in [2.05, 4.69) is 49.3 Å². The standard InChI is InChI=1S/C12H27N3O4Si2/c1-16-12-11(19-21(5,6)7)10(18-20(2,3)4)9(17-12)8-14-15-13/h9-12H,8H2,1-7H3/t9-,10-,11-,12+/m1/s1. The fraction of sp³-hybridized carbons (Fsp3) is 1.00. The second-order valence-electron chi connectivity index (χ2n) is 7.08. The molecule has 1 rings (SSSR count). The average Bonchev–Trinajstić information content (AvgIpc) is 2.61. The van der Waals surface area contributed by atoms with Crippen LogP contribution in [0.4, 0.5) is 0 Å². The first-order chi connectivity index (χ1) is 9.57. The number of nitrogens with zero attached hydrogens (tertiary/aromatic N) is 3. The highest BCUT2D eigenvalue weighted by molar-refractivity contribution is 6.70. The molecule has 0 saturated carbocycles. The number of methoxy groups -OCH3 is 1. The van der Waals surface area contributed by atoms with Gasteiger partial charge in [-0.15, -0.1) is 0 Å². The van der Waals surface area contributed by atoms with Gasteiger partial charge in [-0.1, -0.05) is 5.11 Å². The second kappa shape index (κ2) is 7.23. The van der Waals surface area contributed by atoms with Crippen LogP contribution in [-0.2, 0) is 18.3 Å². The summed E-state index contributed by atoms with van der Waals surface area (Å²) in [7, 11) is -1.99. The molecule has 0 amide bonds. The van der Waals surface area contributed by atoms with E-state index in [0.29, 0.717) is 0 Å². The molecule has 0 N–H and O–H groups in total. The van der Waals surface area contributed by atoms with Crippen molar-refractivity contribution in [2.24, 2.45) is 5.11 Å². The first kappa shape index (κ1) is 18.6. The van der Waals surface area contributed by atoms with E-state index < -0.39 is 22.9 Å². The van der Waals surface area contributed by atoms with Crippen molar-refractivity contribution >= 4 is 16.6 Å². The summed E-state index contributed by atoms with van der Waals surface area (Å²) in [6, 6.07) is 0. The lowest BCUT2D eigenvalue weighted by atomic mass is 10.1. The maximum absolute atomic E-state index is 8.54. The maximum Gasteiger partial charge on any atom is 0.185 e. The summed E-state index contributed by atoms with van der Waals surface area (Å²) in [6.45, 7) is 12.9. The number of rotatable bonds is 7. The van der Waals surface area contributed by atoms with Crippen molar-refractivity contribution in [3.05, 3.63) is 10.4 Å². The highest BCUT2D eigenvalue weighted by Gasteiger charge is 2.49. The Morgan fingerprint density at radius 3 is 2.00 bits per heavy atom. The first-order valence-electron chi connectivity index (χ1n) is 7.12. The fourth-order valence-electron chi connectivity index (χ4n) is 2.23. The van der Waals surface area contributed by atoms with Gasteiger partial charge in [-0.2, -0.15) is 0 Å². The molecular formula is C12H27N3O4Si2. The van der Waals surface area contributed by atoms with Gasteiger partial charge in [0.25, 0.3) is 0 Å². The van der Waals surface area contributed by atoms with Crippen LogP contribution in [0.3, 0.4) is 0 Å². The summed E-state index contributed by atoms with van der Waals surface area (Å²) >= 11 is 0. The summed E-state index contributed by atoms with van der Waals surface area (Å²) < 4.78 is 23.7. The van der Waals surface area contributed by atoms with E-state index in [0.717, 1.165) is 0 Å². The molecular weight excluding hydrogens is 306 g/mol. The third-order valence-electron chi connectivity index (χ3n) is 2.80. The monoisotopic (exact) mass is 333 g/mol. The highest BCUT2D eigenvalue weighted by atomic mass is 28.4. The predicted octanol–water partition coefficient (Wildman–Crippen LogP) is 3.11. The minimum absolute atomic E-state index is 0.219. The lowest BCUT2D eigenvalue weighted by Gasteiger charge is -2.33. The van der Waals surface area contributed by atoms with Gasteiger partial charge in [0.05, 0.1) is 12.6 Å². The summed E-state index contributed by atoms with van der Waals surface area (Å²) in [5, 5.41) is 3.62. The summed E-state index contributed by atoms with van der Waals surface area (Å²) in [5.41, 5.74) is 8.54. The summed E-state index contributed by atoms with van der Waals surface area (Å²) in [6.07, 6.45) is -1.37. The average molecular weight is 334 g/mol. The Bertz CT molecular complexity index is 391. The normalized spacial score (nSPS) is 30.2. The van der Waals surface area contributed by atoms with Crippen LogP contribution in [-0.4, -0.2) is 54.9 Å². The van der Waals surface area contributed by atoms with E-state index >= 15 is 0 Å². The third kappa shape index (κ3) is 6.07. The molecule has 0 aliphatic carbocycles. The largest absolute Gasteiger partial charge is 0.409 e. The van der Waals surface area contributed by atoms with Crippen molar-refractivity contribution in [1.29, 1.82) is 0 Å². The van der Waals surface area contributed by atoms with Crippen molar-refractivity contribution in [3.63, 3.8) is 0 Å². The van der Waals surface area contributed by atoms with Crippen molar-refractivity contribution in [2.45, 2.75) is 63.9 Å². The Morgan fingerprint density at radius 1 is 1.05 bits per heavy atom. The number of hydrogen-bond acceptors (Lipinski definition) is 5. The van der Waals surface area contributed by atoms with Crippen LogP contribution >= 0.6 is 0 Å². The molecule has 0 aromatic carbocycles. The first-order valence-corrected chi connectivity index (χ1v) is 13.9. The van der Waals surface area contributed by atoms with Crippen molar-refractivity contribution in [3.8, 4) is 0 Å². The highest BCUT2D eigenvalue weighted by Crippen LogP contribution is 2.31. The molecule has 0 spiro atoms. The Labute approximate surface area is 128 Å². The van der Waals surface area contributed by atoms with Crippen molar-refractivity contribution in [2.75, 3.05) is 13.7 Å². The predicted molar refractivity (Wildman–Crippen MR) is 86.1 cm³/mol. The van der Waals surface area contributed by atoms with Gasteiger partial charge >= 0.3 is 0 Å². The number of ether oxygens (including phenoxy) is 2. The Hall–Kier alpha value is -0.416. The Balaban J connectivity index is 2.98. The molecule has 1 aliphatic rings. The van der Waals surface area contributed by atoms with E-state index in [1.165, 1.54) is 0 Å². The number of hydrogen-bond donors (Lipinski definition) is 0. The van der Waals surface area contributed by atoms with Gasteiger partial charge in [0.1, 0.15) is 12.2 Å². The van der Waals surface area contributed by atoms with E-state index in [1.807, 2.05) is 0 Å². The summed E-state index contributed by atoms with van der Waals surface area (Å²) in [4.78, 5) is 2.81.